The highest BCUT2D eigenvalue weighted by Crippen LogP contribution is 2.32. The van der Waals surface area contributed by atoms with Gasteiger partial charge in [0.15, 0.2) is 5.96 Å². The molecular weight excluding hydrogens is 945 g/mol. The molecule has 0 saturated carbocycles. The van der Waals surface area contributed by atoms with Gasteiger partial charge in [-0.2, -0.15) is 0 Å². The number of amides is 8. The van der Waals surface area contributed by atoms with Crippen molar-refractivity contribution in [2.75, 3.05) is 13.1 Å². The van der Waals surface area contributed by atoms with Crippen molar-refractivity contribution < 1.29 is 38.4 Å². The molecule has 2 heterocycles. The van der Waals surface area contributed by atoms with Gasteiger partial charge in [0.05, 0.1) is 6.42 Å². The van der Waals surface area contributed by atoms with Crippen molar-refractivity contribution in [2.45, 2.75) is 146 Å². The number of guanidine groups is 1. The predicted octanol–water partition coefficient (Wildman–Crippen LogP) is 1.40. The van der Waals surface area contributed by atoms with Gasteiger partial charge in [-0.3, -0.25) is 43.3 Å². The van der Waals surface area contributed by atoms with Crippen molar-refractivity contribution in [3.8, 4) is 0 Å². The van der Waals surface area contributed by atoms with Gasteiger partial charge in [-0.1, -0.05) is 87.0 Å². The van der Waals surface area contributed by atoms with Crippen LogP contribution in [0.15, 0.2) is 84.0 Å². The van der Waals surface area contributed by atoms with E-state index in [1.165, 1.54) is 0 Å². The fourth-order valence-corrected chi connectivity index (χ4v) is 9.67. The molecule has 8 amide bonds. The number of H-pyrrole nitrogens is 1. The van der Waals surface area contributed by atoms with Crippen molar-refractivity contribution in [1.82, 2.24) is 42.2 Å². The van der Waals surface area contributed by atoms with Crippen LogP contribution >= 0.6 is 0 Å². The summed E-state index contributed by atoms with van der Waals surface area (Å²) in [7, 11) is 0. The number of hydrogen-bond acceptors (Lipinski definition) is 9. The third kappa shape index (κ3) is 15.4. The summed E-state index contributed by atoms with van der Waals surface area (Å²) >= 11 is 0. The van der Waals surface area contributed by atoms with E-state index in [2.05, 4.69) is 47.2 Å². The molecule has 1 aliphatic heterocycles. The number of nitrogens with one attached hydrogen (secondary N) is 8. The van der Waals surface area contributed by atoms with Gasteiger partial charge in [0.2, 0.25) is 47.3 Å². The van der Waals surface area contributed by atoms with Gasteiger partial charge in [0.1, 0.15) is 35.7 Å². The summed E-state index contributed by atoms with van der Waals surface area (Å²) in [5.41, 5.74) is 20.5. The van der Waals surface area contributed by atoms with E-state index >= 15 is 4.79 Å². The first-order valence-corrected chi connectivity index (χ1v) is 25.7. The average Bonchev–Trinajstić information content (AvgIpc) is 3.79. The molecule has 1 fully saturated rings. The molecule has 396 valence electrons. The molecule has 1 aromatic heterocycles. The summed E-state index contributed by atoms with van der Waals surface area (Å²) < 4.78 is 0. The normalized spacial score (nSPS) is 22.7. The maximum absolute atomic E-state index is 15.3. The molecule has 4 aromatic rings. The van der Waals surface area contributed by atoms with Crippen molar-refractivity contribution in [3.63, 3.8) is 0 Å². The second-order valence-corrected chi connectivity index (χ2v) is 19.2. The third-order valence-corrected chi connectivity index (χ3v) is 13.8. The summed E-state index contributed by atoms with van der Waals surface area (Å²) in [5.74, 6) is -5.67. The van der Waals surface area contributed by atoms with Crippen molar-refractivity contribution >= 4 is 64.1 Å². The molecule has 1 aliphatic carbocycles. The summed E-state index contributed by atoms with van der Waals surface area (Å²) in [6, 6.07) is 15.7. The van der Waals surface area contributed by atoms with E-state index in [-0.39, 0.29) is 70.4 Å². The molecule has 0 bridgehead atoms. The van der Waals surface area contributed by atoms with Crippen molar-refractivity contribution in [3.05, 3.63) is 107 Å². The molecule has 6 atom stereocenters. The number of aromatic nitrogens is 1. The van der Waals surface area contributed by atoms with E-state index in [1.54, 1.807) is 36.5 Å². The molecule has 2 aliphatic rings. The van der Waals surface area contributed by atoms with Crippen LogP contribution in [0.1, 0.15) is 106 Å². The van der Waals surface area contributed by atoms with Crippen molar-refractivity contribution in [1.29, 1.82) is 0 Å². The van der Waals surface area contributed by atoms with Crippen LogP contribution in [0.4, 0.5) is 0 Å². The van der Waals surface area contributed by atoms with Gasteiger partial charge >= 0.3 is 0 Å². The molecule has 20 heteroatoms. The lowest BCUT2D eigenvalue weighted by Gasteiger charge is -2.40. The van der Waals surface area contributed by atoms with E-state index < -0.39 is 89.4 Å². The Balaban J connectivity index is 1.42. The Hall–Kier alpha value is -7.77. The highest BCUT2D eigenvalue weighted by molar-refractivity contribution is 6.00. The number of unbranched alkanes of at least 4 members (excludes halogenated alkanes) is 1. The number of carbonyl (C=O) groups is 8. The summed E-state index contributed by atoms with van der Waals surface area (Å²) in [6.07, 6.45) is 4.74. The minimum absolute atomic E-state index is 0.0135. The lowest BCUT2D eigenvalue weighted by molar-refractivity contribution is -0.139. The number of rotatable bonds is 14. The Bertz CT molecular complexity index is 2670. The monoisotopic (exact) mass is 1020 g/mol. The zero-order valence-corrected chi connectivity index (χ0v) is 42.4. The smallest absolute Gasteiger partial charge is 0.246 e. The Kier molecular flexibility index (Phi) is 20.1. The van der Waals surface area contributed by atoms with Gasteiger partial charge in [-0.15, -0.1) is 0 Å². The second-order valence-electron chi connectivity index (χ2n) is 19.2. The van der Waals surface area contributed by atoms with E-state index in [9.17, 15) is 33.6 Å². The number of hydrogen-bond donors (Lipinski definition) is 11. The lowest BCUT2D eigenvalue weighted by Crippen LogP contribution is -2.67. The van der Waals surface area contributed by atoms with E-state index in [0.717, 1.165) is 34.0 Å². The summed E-state index contributed by atoms with van der Waals surface area (Å²) in [4.78, 5) is 121. The van der Waals surface area contributed by atoms with Crippen LogP contribution in [0.5, 0.6) is 0 Å². The maximum atomic E-state index is 15.3. The highest BCUT2D eigenvalue weighted by atomic mass is 16.2. The molecule has 3 aromatic carbocycles. The number of aliphatic imine (C=N–C) groups is 1. The highest BCUT2D eigenvalue weighted by Gasteiger charge is 2.46. The SMILES string of the molecule is CCCCC(=O)NC1CC(=O)NCCCC[C@@H](C(N)=O)NC(=O)[C@H](Cc2c[nH]c3ccccc23)NC(=O)[C@H](CCCN=C(N)N)NC(=O)[C@@H](Cc2ccccc2)NC(=O)C2(CCc3c(CC)cccc3C2)NC1=O. The van der Waals surface area contributed by atoms with Crippen LogP contribution in [0.25, 0.3) is 10.9 Å². The Morgan fingerprint density at radius 1 is 0.757 bits per heavy atom. The number of nitrogens with zero attached hydrogens (tertiary/aromatic N) is 1. The largest absolute Gasteiger partial charge is 0.370 e. The summed E-state index contributed by atoms with van der Waals surface area (Å²) in [6.45, 7) is 4.17. The molecule has 14 N–H and O–H groups in total. The minimum Gasteiger partial charge on any atom is -0.370 e. The Labute approximate surface area is 431 Å². The fourth-order valence-electron chi connectivity index (χ4n) is 9.67. The second kappa shape index (κ2) is 26.8. The standard InChI is InChI=1S/C54H72N12O8/c1-3-5-23-45(67)61-44-30-46(68)58-26-12-11-21-40(47(55)69)62-50(72)43(29-36-32-60-39-20-10-9-19-38(36)39)64-48(70)41(22-14-27-59-53(56)57)63-49(71)42(28-33-15-7-6-8-16-33)65-52(74)54(66-51(44)73)25-24-37-34(4-2)17-13-18-35(37)31-54/h6-10,13,15-20,32,40-44,60H,3-5,11-12,14,21-31H2,1-2H3,(H2,55,69)(H,58,68)(H,61,67)(H,62,72)(H,63,71)(H,64,70)(H,65,74)(H,66,73)(H4,56,57,59)/t40-,41-,42+,43-,44?,54?/m0/s1. The van der Waals surface area contributed by atoms with Crippen molar-refractivity contribution in [2.24, 2.45) is 22.2 Å². The molecule has 74 heavy (non-hydrogen) atoms. The molecule has 6 rings (SSSR count). The van der Waals surface area contributed by atoms with Gasteiger partial charge < -0.3 is 59.4 Å². The Morgan fingerprint density at radius 2 is 1.47 bits per heavy atom. The van der Waals surface area contributed by atoms with Crippen LogP contribution in [0.3, 0.4) is 0 Å². The molecule has 1 saturated heterocycles. The number of aryl methyl sites for hydroxylation is 1. The Morgan fingerprint density at radius 3 is 2.22 bits per heavy atom. The molecular formula is C54H72N12O8. The van der Waals surface area contributed by atoms with Gasteiger partial charge in [-0.05, 0) is 91.7 Å². The topological polar surface area (TPSA) is 327 Å². The van der Waals surface area contributed by atoms with Gasteiger partial charge in [0, 0.05) is 55.9 Å². The lowest BCUT2D eigenvalue weighted by atomic mass is 9.75. The van der Waals surface area contributed by atoms with Crippen LogP contribution < -0.4 is 54.4 Å². The molecule has 1 spiro atoms. The van der Waals surface area contributed by atoms with Gasteiger partial charge in [-0.25, -0.2) is 0 Å². The first-order valence-electron chi connectivity index (χ1n) is 25.7. The number of primary amides is 1. The fraction of sp³-hybridized carbons (Fsp3) is 0.463. The van der Waals surface area contributed by atoms with E-state index in [4.69, 9.17) is 17.2 Å². The average molecular weight is 1020 g/mol. The van der Waals surface area contributed by atoms with Crippen LogP contribution in [0.2, 0.25) is 0 Å². The van der Waals surface area contributed by atoms with Crippen LogP contribution in [0, 0.1) is 0 Å². The van der Waals surface area contributed by atoms with E-state index in [1.807, 2.05) is 56.3 Å². The molecule has 20 nitrogen and oxygen atoms in total. The third-order valence-electron chi connectivity index (χ3n) is 13.8. The van der Waals surface area contributed by atoms with Crippen LogP contribution in [-0.4, -0.2) is 107 Å². The van der Waals surface area contributed by atoms with Crippen LogP contribution in [-0.2, 0) is 70.5 Å². The molecule has 0 radical (unpaired) electrons. The minimum atomic E-state index is -1.68. The first-order chi connectivity index (χ1) is 35.6. The predicted molar refractivity (Wildman–Crippen MR) is 281 cm³/mol. The number of para-hydroxylation sites is 1. The number of carbonyl (C=O) groups excluding carboxylic acids is 8. The van der Waals surface area contributed by atoms with E-state index in [0.29, 0.717) is 43.2 Å². The first kappa shape index (κ1) is 55.5. The maximum Gasteiger partial charge on any atom is 0.246 e. The zero-order valence-electron chi connectivity index (χ0n) is 42.4. The van der Waals surface area contributed by atoms with Gasteiger partial charge in [0.25, 0.3) is 0 Å². The summed E-state index contributed by atoms with van der Waals surface area (Å²) in [5, 5.41) is 20.7. The zero-order chi connectivity index (χ0) is 53.2. The number of aromatic amines is 1. The number of fused-ring (bicyclic) bond motifs is 2. The molecule has 2 unspecified atom stereocenters. The quantitative estimate of drug-likeness (QED) is 0.0490. The number of benzene rings is 3. The number of nitrogens with two attached hydrogens (primary N) is 3.